The van der Waals surface area contributed by atoms with Crippen LogP contribution in [0.4, 0.5) is 5.69 Å². The second kappa shape index (κ2) is 7.83. The molecule has 1 amide bonds. The molecule has 138 valence electrons. The van der Waals surface area contributed by atoms with Gasteiger partial charge >= 0.3 is 0 Å². The molecule has 3 aromatic carbocycles. The summed E-state index contributed by atoms with van der Waals surface area (Å²) in [5, 5.41) is 7.74. The van der Waals surface area contributed by atoms with E-state index < -0.39 is 26.7 Å². The molecule has 0 saturated heterocycles. The molecule has 3 rings (SSSR count). The predicted octanol–water partition coefficient (Wildman–Crippen LogP) is 2.75. The Morgan fingerprint density at radius 2 is 1.56 bits per heavy atom. The van der Waals surface area contributed by atoms with Crippen LogP contribution in [0.25, 0.3) is 0 Å². The van der Waals surface area contributed by atoms with Crippen molar-refractivity contribution in [1.29, 1.82) is 0 Å². The molecule has 0 aliphatic rings. The lowest BCUT2D eigenvalue weighted by molar-refractivity contribution is 0.102. The average molecular weight is 400 g/mol. The van der Waals surface area contributed by atoms with Crippen molar-refractivity contribution in [2.75, 3.05) is 5.32 Å². The quantitative estimate of drug-likeness (QED) is 0.687. The van der Waals surface area contributed by atoms with E-state index in [0.29, 0.717) is 9.79 Å². The lowest BCUT2D eigenvalue weighted by Gasteiger charge is -2.11. The Labute approximate surface area is 159 Å². The molecule has 0 aliphatic heterocycles. The number of nitrogens with one attached hydrogen (secondary N) is 1. The van der Waals surface area contributed by atoms with E-state index >= 15 is 0 Å². The van der Waals surface area contributed by atoms with Crippen LogP contribution in [0.15, 0.2) is 93.5 Å². The first-order valence-corrected chi connectivity index (χ1v) is 10.6. The van der Waals surface area contributed by atoms with Gasteiger partial charge in [0.1, 0.15) is 0 Å². The largest absolute Gasteiger partial charge is 0.322 e. The fourth-order valence-corrected chi connectivity index (χ4v) is 4.22. The number of carbonyl (C=O) groups excluding carboxylic acids is 1. The molecule has 0 radical (unpaired) electrons. The summed E-state index contributed by atoms with van der Waals surface area (Å²) in [5.41, 5.74) is 0.507. The standard InChI is InChI=1S/C19H16N2O4S2/c20-27(24,25)16-10-6-7-14(13-16)21-19(22)17-11-4-5-12-18(17)26(23)15-8-2-1-3-9-15/h1-13H,(H,21,22)(H2,20,24,25). The van der Waals surface area contributed by atoms with E-state index in [1.165, 1.54) is 18.2 Å². The Bertz CT molecular complexity index is 1110. The van der Waals surface area contributed by atoms with Gasteiger partial charge in [-0.15, -0.1) is 0 Å². The third-order valence-electron chi connectivity index (χ3n) is 3.71. The van der Waals surface area contributed by atoms with Crippen LogP contribution in [0.2, 0.25) is 0 Å². The molecule has 8 heteroatoms. The van der Waals surface area contributed by atoms with Crippen molar-refractivity contribution in [3.63, 3.8) is 0 Å². The molecule has 0 heterocycles. The average Bonchev–Trinajstić information content (AvgIpc) is 2.67. The number of benzene rings is 3. The van der Waals surface area contributed by atoms with Gasteiger partial charge in [0.15, 0.2) is 0 Å². The normalized spacial score (nSPS) is 12.3. The molecule has 3 aromatic rings. The van der Waals surface area contributed by atoms with Crippen molar-refractivity contribution in [2.45, 2.75) is 14.7 Å². The van der Waals surface area contributed by atoms with Gasteiger partial charge in [0.05, 0.1) is 26.2 Å². The van der Waals surface area contributed by atoms with E-state index in [0.717, 1.165) is 0 Å². The van der Waals surface area contributed by atoms with E-state index in [2.05, 4.69) is 5.32 Å². The number of hydrogen-bond donors (Lipinski definition) is 2. The highest BCUT2D eigenvalue weighted by Crippen LogP contribution is 2.22. The first-order chi connectivity index (χ1) is 12.9. The smallest absolute Gasteiger partial charge is 0.256 e. The Morgan fingerprint density at radius 1 is 0.889 bits per heavy atom. The SMILES string of the molecule is NS(=O)(=O)c1cccc(NC(=O)c2ccccc2S(=O)c2ccccc2)c1. The minimum absolute atomic E-state index is 0.110. The molecule has 27 heavy (non-hydrogen) atoms. The first-order valence-electron chi connectivity index (χ1n) is 7.86. The van der Waals surface area contributed by atoms with Crippen LogP contribution in [0.3, 0.4) is 0 Å². The van der Waals surface area contributed by atoms with E-state index in [-0.39, 0.29) is 16.1 Å². The molecular formula is C19H16N2O4S2. The Balaban J connectivity index is 1.92. The third-order valence-corrected chi connectivity index (χ3v) is 6.08. The molecule has 0 aliphatic carbocycles. The summed E-state index contributed by atoms with van der Waals surface area (Å²) in [4.78, 5) is 13.5. The minimum atomic E-state index is -3.88. The maximum absolute atomic E-state index is 12.8. The van der Waals surface area contributed by atoms with Gasteiger partial charge in [-0.1, -0.05) is 36.4 Å². The lowest BCUT2D eigenvalue weighted by Crippen LogP contribution is -2.16. The van der Waals surface area contributed by atoms with Crippen LogP contribution < -0.4 is 10.5 Å². The molecule has 0 saturated carbocycles. The highest BCUT2D eigenvalue weighted by atomic mass is 32.2. The fourth-order valence-electron chi connectivity index (χ4n) is 2.44. The summed E-state index contributed by atoms with van der Waals surface area (Å²) in [6.45, 7) is 0. The number of sulfonamides is 1. The predicted molar refractivity (Wildman–Crippen MR) is 103 cm³/mol. The third kappa shape index (κ3) is 4.48. The highest BCUT2D eigenvalue weighted by Gasteiger charge is 2.17. The topological polar surface area (TPSA) is 106 Å². The second-order valence-electron chi connectivity index (χ2n) is 5.60. The first kappa shape index (κ1) is 19.0. The molecular weight excluding hydrogens is 384 g/mol. The van der Waals surface area contributed by atoms with Gasteiger partial charge in [0, 0.05) is 10.6 Å². The molecule has 0 bridgehead atoms. The highest BCUT2D eigenvalue weighted by molar-refractivity contribution is 7.89. The van der Waals surface area contributed by atoms with Gasteiger partial charge in [0.25, 0.3) is 5.91 Å². The molecule has 0 spiro atoms. The maximum Gasteiger partial charge on any atom is 0.256 e. The molecule has 3 N–H and O–H groups in total. The summed E-state index contributed by atoms with van der Waals surface area (Å²) in [7, 11) is -5.42. The zero-order valence-corrected chi connectivity index (χ0v) is 15.7. The Kier molecular flexibility index (Phi) is 5.50. The minimum Gasteiger partial charge on any atom is -0.322 e. The maximum atomic E-state index is 12.8. The Morgan fingerprint density at radius 3 is 2.26 bits per heavy atom. The number of primary sulfonamides is 1. The zero-order chi connectivity index (χ0) is 19.4. The fraction of sp³-hybridized carbons (Fsp3) is 0. The van der Waals surface area contributed by atoms with Crippen molar-refractivity contribution < 1.29 is 17.4 Å². The van der Waals surface area contributed by atoms with Gasteiger partial charge in [0.2, 0.25) is 10.0 Å². The summed E-state index contributed by atoms with van der Waals surface area (Å²) in [6.07, 6.45) is 0. The van der Waals surface area contributed by atoms with Crippen LogP contribution in [0.5, 0.6) is 0 Å². The van der Waals surface area contributed by atoms with Gasteiger partial charge in [-0.25, -0.2) is 17.8 Å². The van der Waals surface area contributed by atoms with E-state index in [4.69, 9.17) is 5.14 Å². The van der Waals surface area contributed by atoms with E-state index in [9.17, 15) is 17.4 Å². The van der Waals surface area contributed by atoms with Gasteiger partial charge in [-0.2, -0.15) is 0 Å². The van der Waals surface area contributed by atoms with Gasteiger partial charge < -0.3 is 5.32 Å². The molecule has 1 atom stereocenters. The van der Waals surface area contributed by atoms with Crippen LogP contribution in [0, 0.1) is 0 Å². The summed E-state index contributed by atoms with van der Waals surface area (Å²) in [5.74, 6) is -0.499. The molecule has 1 unspecified atom stereocenters. The van der Waals surface area contributed by atoms with Crippen LogP contribution in [-0.4, -0.2) is 18.5 Å². The summed E-state index contributed by atoms with van der Waals surface area (Å²) in [6, 6.07) is 21.0. The molecule has 6 nitrogen and oxygen atoms in total. The van der Waals surface area contributed by atoms with E-state index in [1.807, 2.05) is 6.07 Å². The number of hydrogen-bond acceptors (Lipinski definition) is 4. The van der Waals surface area contributed by atoms with Crippen molar-refractivity contribution in [1.82, 2.24) is 0 Å². The van der Waals surface area contributed by atoms with Gasteiger partial charge in [-0.3, -0.25) is 4.79 Å². The summed E-state index contributed by atoms with van der Waals surface area (Å²) < 4.78 is 35.8. The van der Waals surface area contributed by atoms with Gasteiger partial charge in [-0.05, 0) is 42.5 Å². The Hall–Kier alpha value is -2.81. The van der Waals surface area contributed by atoms with Crippen molar-refractivity contribution in [2.24, 2.45) is 5.14 Å². The van der Waals surface area contributed by atoms with Crippen molar-refractivity contribution >= 4 is 32.4 Å². The number of amides is 1. The van der Waals surface area contributed by atoms with Crippen molar-refractivity contribution in [3.05, 3.63) is 84.4 Å². The molecule has 0 fully saturated rings. The number of nitrogens with two attached hydrogens (primary N) is 1. The lowest BCUT2D eigenvalue weighted by atomic mass is 10.2. The molecule has 0 aromatic heterocycles. The number of carbonyl (C=O) groups is 1. The number of rotatable bonds is 5. The second-order valence-corrected chi connectivity index (χ2v) is 8.62. The summed E-state index contributed by atoms with van der Waals surface area (Å²) >= 11 is 0. The van der Waals surface area contributed by atoms with E-state index in [1.54, 1.807) is 54.6 Å². The van der Waals surface area contributed by atoms with Crippen LogP contribution in [0.1, 0.15) is 10.4 Å². The zero-order valence-electron chi connectivity index (χ0n) is 14.0. The monoisotopic (exact) mass is 400 g/mol. The van der Waals surface area contributed by atoms with Crippen molar-refractivity contribution in [3.8, 4) is 0 Å². The van der Waals surface area contributed by atoms with Crippen LogP contribution in [-0.2, 0) is 20.8 Å². The number of anilines is 1. The van der Waals surface area contributed by atoms with Crippen LogP contribution >= 0.6 is 0 Å².